The third-order valence-corrected chi connectivity index (χ3v) is 6.30. The number of benzene rings is 2. The molecule has 0 atom stereocenters. The van der Waals surface area contributed by atoms with Crippen molar-refractivity contribution in [2.45, 2.75) is 64.2 Å². The molecule has 1 aromatic heterocycles. The summed E-state index contributed by atoms with van der Waals surface area (Å²) in [6, 6.07) is 19.2. The minimum Gasteiger partial charge on any atom is -0.494 e. The average Bonchev–Trinajstić information content (AvgIpc) is 3.20. The van der Waals surface area contributed by atoms with Crippen LogP contribution in [-0.2, 0) is 16.6 Å². The fourth-order valence-electron chi connectivity index (χ4n) is 4.33. The van der Waals surface area contributed by atoms with Gasteiger partial charge in [-0.25, -0.2) is 4.79 Å². The SMILES string of the molecule is C=CC(=O)OCCCCCCCCCCCCOc1ccc2cc(-c3ccccc3)n(C)c2c1. The van der Waals surface area contributed by atoms with E-state index in [1.165, 1.54) is 73.2 Å². The van der Waals surface area contributed by atoms with Gasteiger partial charge in [-0.1, -0.05) is 88.3 Å². The Hall–Kier alpha value is -3.01. The van der Waals surface area contributed by atoms with Gasteiger partial charge in [0.25, 0.3) is 0 Å². The van der Waals surface area contributed by atoms with Crippen LogP contribution in [0.2, 0.25) is 0 Å². The number of carbonyl (C=O) groups is 1. The van der Waals surface area contributed by atoms with Gasteiger partial charge >= 0.3 is 5.97 Å². The molecule has 34 heavy (non-hydrogen) atoms. The fraction of sp³-hybridized carbons (Fsp3) is 0.433. The molecule has 0 N–H and O–H groups in total. The number of fused-ring (bicyclic) bond motifs is 1. The molecule has 0 aliphatic rings. The molecule has 3 rings (SSSR count). The zero-order chi connectivity index (χ0) is 24.0. The Bertz CT molecular complexity index is 1020. The predicted octanol–water partition coefficient (Wildman–Crippen LogP) is 7.85. The highest BCUT2D eigenvalue weighted by atomic mass is 16.5. The Balaban J connectivity index is 1.24. The second kappa shape index (κ2) is 14.3. The zero-order valence-corrected chi connectivity index (χ0v) is 20.6. The highest BCUT2D eigenvalue weighted by molar-refractivity contribution is 5.88. The molecule has 0 spiro atoms. The number of rotatable bonds is 16. The van der Waals surface area contributed by atoms with Crippen LogP contribution in [0, 0.1) is 0 Å². The number of aromatic nitrogens is 1. The lowest BCUT2D eigenvalue weighted by Crippen LogP contribution is -2.01. The third kappa shape index (κ3) is 8.09. The average molecular weight is 462 g/mol. The van der Waals surface area contributed by atoms with Gasteiger partial charge in [0.05, 0.1) is 18.7 Å². The number of nitrogens with zero attached hydrogens (tertiary/aromatic N) is 1. The Morgan fingerprint density at radius 1 is 0.824 bits per heavy atom. The second-order valence-electron chi connectivity index (χ2n) is 8.93. The number of hydrogen-bond acceptors (Lipinski definition) is 3. The molecular weight excluding hydrogens is 422 g/mol. The molecule has 2 aromatic carbocycles. The van der Waals surface area contributed by atoms with Crippen LogP contribution in [0.25, 0.3) is 22.2 Å². The van der Waals surface area contributed by atoms with Crippen LogP contribution in [0.1, 0.15) is 64.2 Å². The number of carbonyl (C=O) groups excluding carboxylic acids is 1. The first-order valence-corrected chi connectivity index (χ1v) is 12.8. The minimum absolute atomic E-state index is 0.319. The van der Waals surface area contributed by atoms with E-state index in [1.54, 1.807) is 0 Å². The number of esters is 1. The first-order chi connectivity index (χ1) is 16.7. The Morgan fingerprint density at radius 3 is 2.09 bits per heavy atom. The van der Waals surface area contributed by atoms with Gasteiger partial charge in [-0.05, 0) is 36.6 Å². The van der Waals surface area contributed by atoms with Crippen molar-refractivity contribution in [1.82, 2.24) is 4.57 Å². The van der Waals surface area contributed by atoms with Crippen LogP contribution in [0.3, 0.4) is 0 Å². The van der Waals surface area contributed by atoms with Crippen LogP contribution >= 0.6 is 0 Å². The van der Waals surface area contributed by atoms with Crippen LogP contribution < -0.4 is 4.74 Å². The van der Waals surface area contributed by atoms with Crippen molar-refractivity contribution in [3.8, 4) is 17.0 Å². The summed E-state index contributed by atoms with van der Waals surface area (Å²) >= 11 is 0. The summed E-state index contributed by atoms with van der Waals surface area (Å²) < 4.78 is 13.3. The summed E-state index contributed by atoms with van der Waals surface area (Å²) in [4.78, 5) is 10.9. The monoisotopic (exact) mass is 461 g/mol. The second-order valence-corrected chi connectivity index (χ2v) is 8.93. The van der Waals surface area contributed by atoms with E-state index in [1.807, 2.05) is 0 Å². The summed E-state index contributed by atoms with van der Waals surface area (Å²) in [6.45, 7) is 4.68. The van der Waals surface area contributed by atoms with Crippen LogP contribution in [0.15, 0.2) is 67.3 Å². The molecule has 0 saturated carbocycles. The molecule has 3 aromatic rings. The standard InChI is InChI=1S/C30H39NO3/c1-3-30(32)34-22-16-11-9-7-5-4-6-8-10-15-21-33-27-20-19-26-23-28(31(2)29(26)24-27)25-17-13-12-14-18-25/h3,12-14,17-20,23-24H,1,4-11,15-16,21-22H2,2H3. The number of unbranched alkanes of at least 4 members (excludes halogenated alkanes) is 9. The van der Waals surface area contributed by atoms with Gasteiger partial charge in [-0.2, -0.15) is 0 Å². The third-order valence-electron chi connectivity index (χ3n) is 6.30. The maximum atomic E-state index is 10.9. The lowest BCUT2D eigenvalue weighted by molar-refractivity contribution is -0.137. The van der Waals surface area contributed by atoms with Crippen LogP contribution in [-0.4, -0.2) is 23.8 Å². The molecule has 4 heteroatoms. The van der Waals surface area contributed by atoms with Crippen molar-refractivity contribution >= 4 is 16.9 Å². The van der Waals surface area contributed by atoms with Gasteiger partial charge in [0.2, 0.25) is 0 Å². The van der Waals surface area contributed by atoms with E-state index in [0.717, 1.165) is 31.6 Å². The summed E-state index contributed by atoms with van der Waals surface area (Å²) in [6.07, 6.45) is 13.3. The van der Waals surface area contributed by atoms with Crippen molar-refractivity contribution in [2.75, 3.05) is 13.2 Å². The lowest BCUT2D eigenvalue weighted by Gasteiger charge is -2.08. The largest absolute Gasteiger partial charge is 0.494 e. The lowest BCUT2D eigenvalue weighted by atomic mass is 10.1. The number of ether oxygens (including phenoxy) is 2. The van der Waals surface area contributed by atoms with Crippen LogP contribution in [0.4, 0.5) is 0 Å². The summed E-state index contributed by atoms with van der Waals surface area (Å²) in [5.74, 6) is 0.632. The topological polar surface area (TPSA) is 40.5 Å². The maximum Gasteiger partial charge on any atom is 0.330 e. The molecule has 0 amide bonds. The smallest absolute Gasteiger partial charge is 0.330 e. The van der Waals surface area contributed by atoms with Gasteiger partial charge in [0, 0.05) is 30.3 Å². The van der Waals surface area contributed by atoms with Crippen molar-refractivity contribution in [3.05, 3.63) is 67.3 Å². The number of hydrogen-bond donors (Lipinski definition) is 0. The molecule has 4 nitrogen and oxygen atoms in total. The highest BCUT2D eigenvalue weighted by Crippen LogP contribution is 2.29. The summed E-state index contributed by atoms with van der Waals surface area (Å²) in [5, 5.41) is 1.24. The molecule has 0 aliphatic carbocycles. The van der Waals surface area contributed by atoms with E-state index in [-0.39, 0.29) is 5.97 Å². The molecule has 0 fully saturated rings. The van der Waals surface area contributed by atoms with Crippen molar-refractivity contribution < 1.29 is 14.3 Å². The summed E-state index contributed by atoms with van der Waals surface area (Å²) in [5.41, 5.74) is 3.66. The normalized spacial score (nSPS) is 11.0. The summed E-state index contributed by atoms with van der Waals surface area (Å²) in [7, 11) is 2.12. The molecule has 0 unspecified atom stereocenters. The van der Waals surface area contributed by atoms with Gasteiger partial charge in [0.15, 0.2) is 0 Å². The Morgan fingerprint density at radius 2 is 1.44 bits per heavy atom. The molecule has 1 heterocycles. The first kappa shape index (κ1) is 25.6. The molecule has 0 radical (unpaired) electrons. The molecule has 0 bridgehead atoms. The van der Waals surface area contributed by atoms with E-state index in [0.29, 0.717) is 6.61 Å². The van der Waals surface area contributed by atoms with E-state index in [2.05, 4.69) is 72.8 Å². The van der Waals surface area contributed by atoms with Gasteiger partial charge < -0.3 is 14.0 Å². The van der Waals surface area contributed by atoms with Gasteiger partial charge in [0.1, 0.15) is 5.75 Å². The highest BCUT2D eigenvalue weighted by Gasteiger charge is 2.08. The fourth-order valence-corrected chi connectivity index (χ4v) is 4.33. The van der Waals surface area contributed by atoms with Crippen LogP contribution in [0.5, 0.6) is 5.75 Å². The molecule has 0 saturated heterocycles. The first-order valence-electron chi connectivity index (χ1n) is 12.8. The Labute approximate surface area is 204 Å². The van der Waals surface area contributed by atoms with E-state index in [4.69, 9.17) is 9.47 Å². The molecule has 0 aliphatic heterocycles. The minimum atomic E-state index is -0.319. The molecule has 182 valence electrons. The van der Waals surface area contributed by atoms with Crippen molar-refractivity contribution in [3.63, 3.8) is 0 Å². The van der Waals surface area contributed by atoms with Crippen molar-refractivity contribution in [2.24, 2.45) is 7.05 Å². The van der Waals surface area contributed by atoms with Gasteiger partial charge in [-0.3, -0.25) is 0 Å². The van der Waals surface area contributed by atoms with E-state index >= 15 is 0 Å². The van der Waals surface area contributed by atoms with E-state index < -0.39 is 0 Å². The van der Waals surface area contributed by atoms with E-state index in [9.17, 15) is 4.79 Å². The Kier molecular flexibility index (Phi) is 10.8. The predicted molar refractivity (Wildman–Crippen MR) is 141 cm³/mol. The van der Waals surface area contributed by atoms with Crippen molar-refractivity contribution in [1.29, 1.82) is 0 Å². The zero-order valence-electron chi connectivity index (χ0n) is 20.6. The molecular formula is C30H39NO3. The maximum absolute atomic E-state index is 10.9. The van der Waals surface area contributed by atoms with Gasteiger partial charge in [-0.15, -0.1) is 0 Å². The number of aryl methyl sites for hydroxylation is 1. The quantitative estimate of drug-likeness (QED) is 0.124.